The van der Waals surface area contributed by atoms with Gasteiger partial charge >= 0.3 is 12.2 Å². The first-order chi connectivity index (χ1) is 21.1. The molecule has 0 radical (unpaired) electrons. The lowest BCUT2D eigenvalue weighted by molar-refractivity contribution is -0.138. The number of aromatic nitrogens is 2. The van der Waals surface area contributed by atoms with Crippen molar-refractivity contribution in [1.82, 2.24) is 14.7 Å². The molecule has 0 spiro atoms. The van der Waals surface area contributed by atoms with E-state index in [9.17, 15) is 18.0 Å². The number of anilines is 1. The summed E-state index contributed by atoms with van der Waals surface area (Å²) in [5.41, 5.74) is 7.25. The third-order valence-corrected chi connectivity index (χ3v) is 8.59. The van der Waals surface area contributed by atoms with E-state index < -0.39 is 40.6 Å². The Hall–Kier alpha value is -3.96. The summed E-state index contributed by atoms with van der Waals surface area (Å²) in [5, 5.41) is 7.24. The van der Waals surface area contributed by atoms with E-state index in [0.29, 0.717) is 30.5 Å². The Morgan fingerprint density at radius 3 is 2.29 bits per heavy atom. The average molecular weight is 646 g/mol. The number of amides is 2. The number of hydrogen-bond acceptors (Lipinski definition) is 3. The van der Waals surface area contributed by atoms with Crippen molar-refractivity contribution in [2.24, 2.45) is 5.73 Å². The lowest BCUT2D eigenvalue weighted by atomic mass is 9.87. The molecular weight excluding hydrogens is 613 g/mol. The summed E-state index contributed by atoms with van der Waals surface area (Å²) in [7, 11) is 0. The second-order valence-corrected chi connectivity index (χ2v) is 12.2. The summed E-state index contributed by atoms with van der Waals surface area (Å²) in [4.78, 5) is 13.3. The van der Waals surface area contributed by atoms with Gasteiger partial charge in [-0.2, -0.15) is 18.3 Å². The largest absolute Gasteiger partial charge is 0.416 e. The summed E-state index contributed by atoms with van der Waals surface area (Å²) in [6.07, 6.45) is -3.00. The Kier molecular flexibility index (Phi) is 8.72. The van der Waals surface area contributed by atoms with Crippen molar-refractivity contribution in [1.29, 1.82) is 0 Å². The predicted molar refractivity (Wildman–Crippen MR) is 164 cm³/mol. The summed E-state index contributed by atoms with van der Waals surface area (Å²) < 4.78 is 74.9. The van der Waals surface area contributed by atoms with E-state index in [1.807, 2.05) is 50.8 Å². The molecule has 0 aliphatic carbocycles. The van der Waals surface area contributed by atoms with E-state index in [4.69, 9.17) is 22.4 Å². The topological polar surface area (TPSA) is 76.2 Å². The number of nitrogens with two attached hydrogens (primary N) is 1. The van der Waals surface area contributed by atoms with E-state index in [2.05, 4.69) is 5.32 Å². The Bertz CT molecular complexity index is 1760. The third-order valence-electron chi connectivity index (χ3n) is 8.35. The number of primary amides is 1. The van der Waals surface area contributed by atoms with Crippen LogP contribution in [0.2, 0.25) is 5.02 Å². The molecule has 238 valence electrons. The fraction of sp³-hybridized carbons (Fsp3) is 0.333. The molecule has 1 aliphatic rings. The SMILES string of the molecule is CCc1cccc(CC)c1-n1nc2c(c1-c1cc(F)c(NC(N)=O)cc1F)CN(Cc1cc(Cl)ccc1C(F)(F)F)C(C)(C)C2. The average Bonchev–Trinajstić information content (AvgIpc) is 3.29. The molecule has 0 unspecified atom stereocenters. The number of halogens is 6. The molecule has 0 bridgehead atoms. The van der Waals surface area contributed by atoms with Gasteiger partial charge in [-0.25, -0.2) is 18.3 Å². The van der Waals surface area contributed by atoms with Crippen molar-refractivity contribution < 1.29 is 26.7 Å². The van der Waals surface area contributed by atoms with Gasteiger partial charge in [-0.15, -0.1) is 0 Å². The number of rotatable bonds is 7. The van der Waals surface area contributed by atoms with Gasteiger partial charge in [0.25, 0.3) is 0 Å². The number of aryl methyl sites for hydroxylation is 2. The maximum Gasteiger partial charge on any atom is 0.416 e. The highest BCUT2D eigenvalue weighted by Gasteiger charge is 2.40. The van der Waals surface area contributed by atoms with Crippen molar-refractivity contribution >= 4 is 23.3 Å². The molecule has 0 fully saturated rings. The number of nitrogens with one attached hydrogen (secondary N) is 1. The lowest BCUT2D eigenvalue weighted by Crippen LogP contribution is -2.48. The predicted octanol–water partition coefficient (Wildman–Crippen LogP) is 8.44. The van der Waals surface area contributed by atoms with Gasteiger partial charge in [0, 0.05) is 47.3 Å². The zero-order valence-corrected chi connectivity index (χ0v) is 26.0. The van der Waals surface area contributed by atoms with Crippen LogP contribution in [0.3, 0.4) is 0 Å². The summed E-state index contributed by atoms with van der Waals surface area (Å²) in [5.74, 6) is -1.74. The number of urea groups is 1. The first kappa shape index (κ1) is 32.4. The van der Waals surface area contributed by atoms with E-state index in [1.165, 1.54) is 12.1 Å². The first-order valence-electron chi connectivity index (χ1n) is 14.5. The molecule has 1 aromatic heterocycles. The molecule has 0 saturated carbocycles. The van der Waals surface area contributed by atoms with Crippen LogP contribution in [0.15, 0.2) is 48.5 Å². The number of alkyl halides is 3. The fourth-order valence-corrected chi connectivity index (χ4v) is 6.25. The van der Waals surface area contributed by atoms with Crippen LogP contribution in [-0.2, 0) is 38.5 Å². The maximum atomic E-state index is 15.9. The minimum absolute atomic E-state index is 0.00386. The number of fused-ring (bicyclic) bond motifs is 1. The lowest BCUT2D eigenvalue weighted by Gasteiger charge is -2.42. The second-order valence-electron chi connectivity index (χ2n) is 11.8. The smallest absolute Gasteiger partial charge is 0.351 e. The molecule has 12 heteroatoms. The third kappa shape index (κ3) is 6.28. The normalized spacial score (nSPS) is 14.8. The molecule has 0 atom stereocenters. The van der Waals surface area contributed by atoms with Gasteiger partial charge < -0.3 is 11.1 Å². The summed E-state index contributed by atoms with van der Waals surface area (Å²) in [6.45, 7) is 7.79. The van der Waals surface area contributed by atoms with Gasteiger partial charge in [-0.05, 0) is 67.6 Å². The molecule has 2 heterocycles. The van der Waals surface area contributed by atoms with Crippen LogP contribution in [0.5, 0.6) is 0 Å². The van der Waals surface area contributed by atoms with Crippen molar-refractivity contribution in [3.05, 3.63) is 98.7 Å². The monoisotopic (exact) mass is 645 g/mol. The minimum Gasteiger partial charge on any atom is -0.351 e. The molecule has 4 aromatic rings. The molecule has 0 saturated heterocycles. The van der Waals surface area contributed by atoms with E-state index in [1.54, 1.807) is 4.68 Å². The van der Waals surface area contributed by atoms with Crippen LogP contribution in [0, 0.1) is 11.6 Å². The molecule has 2 amide bonds. The van der Waals surface area contributed by atoms with E-state index >= 15 is 8.78 Å². The van der Waals surface area contributed by atoms with E-state index in [-0.39, 0.29) is 34.9 Å². The van der Waals surface area contributed by atoms with Crippen LogP contribution in [0.1, 0.15) is 61.2 Å². The maximum absolute atomic E-state index is 15.9. The molecule has 5 rings (SSSR count). The zero-order valence-electron chi connectivity index (χ0n) is 25.2. The van der Waals surface area contributed by atoms with Crippen LogP contribution >= 0.6 is 11.6 Å². The molecule has 3 N–H and O–H groups in total. The van der Waals surface area contributed by atoms with Crippen LogP contribution < -0.4 is 11.1 Å². The van der Waals surface area contributed by atoms with Crippen molar-refractivity contribution in [2.45, 2.75) is 71.8 Å². The Balaban J connectivity index is 1.74. The summed E-state index contributed by atoms with van der Waals surface area (Å²) >= 11 is 6.14. The number of benzene rings is 3. The van der Waals surface area contributed by atoms with Gasteiger partial charge in [0.05, 0.1) is 28.3 Å². The first-order valence-corrected chi connectivity index (χ1v) is 14.9. The van der Waals surface area contributed by atoms with Crippen molar-refractivity contribution in [2.75, 3.05) is 5.32 Å². The fourth-order valence-electron chi connectivity index (χ4n) is 6.06. The zero-order chi connectivity index (χ0) is 32.8. The number of carbonyl (C=O) groups is 1. The molecular formula is C33H33ClF5N5O. The quantitative estimate of drug-likeness (QED) is 0.198. The highest BCUT2D eigenvalue weighted by Crippen LogP contribution is 2.42. The summed E-state index contributed by atoms with van der Waals surface area (Å²) in [6, 6.07) is 10.1. The van der Waals surface area contributed by atoms with Gasteiger partial charge in [-0.1, -0.05) is 43.6 Å². The van der Waals surface area contributed by atoms with E-state index in [0.717, 1.165) is 35.0 Å². The Labute approximate surface area is 263 Å². The molecule has 3 aromatic carbocycles. The second kappa shape index (κ2) is 12.1. The van der Waals surface area contributed by atoms with Crippen LogP contribution in [-0.4, -0.2) is 26.3 Å². The molecule has 1 aliphatic heterocycles. The van der Waals surface area contributed by atoms with Crippen LogP contribution in [0.4, 0.5) is 32.4 Å². The van der Waals surface area contributed by atoms with Crippen molar-refractivity contribution in [3.63, 3.8) is 0 Å². The Morgan fingerprint density at radius 2 is 1.69 bits per heavy atom. The van der Waals surface area contributed by atoms with Crippen LogP contribution in [0.25, 0.3) is 16.9 Å². The highest BCUT2D eigenvalue weighted by atomic mass is 35.5. The number of carbonyl (C=O) groups excluding carboxylic acids is 1. The van der Waals surface area contributed by atoms with Gasteiger partial charge in [0.1, 0.15) is 11.6 Å². The van der Waals surface area contributed by atoms with Gasteiger partial charge in [-0.3, -0.25) is 4.90 Å². The molecule has 45 heavy (non-hydrogen) atoms. The Morgan fingerprint density at radius 1 is 1.02 bits per heavy atom. The minimum atomic E-state index is -4.59. The molecule has 6 nitrogen and oxygen atoms in total. The van der Waals surface area contributed by atoms with Crippen molar-refractivity contribution in [3.8, 4) is 16.9 Å². The number of para-hydroxylation sites is 1. The standard InChI is InChI=1S/C33H33ClF5N5O/c1-5-18-8-7-9-19(6-2)29(18)44-30(22-13-26(36)27(14-25(22)35)41-31(40)45)23-17-43(32(3,4)15-28(23)42-44)16-20-12-21(34)10-11-24(20)33(37,38)39/h7-14H,5-6,15-17H2,1-4H3,(H3,40,41,45). The number of nitrogens with zero attached hydrogens (tertiary/aromatic N) is 3. The number of hydrogen-bond donors (Lipinski definition) is 2. The van der Waals surface area contributed by atoms with Gasteiger partial charge in [0.15, 0.2) is 0 Å². The van der Waals surface area contributed by atoms with Gasteiger partial charge in [0.2, 0.25) is 0 Å². The highest BCUT2D eigenvalue weighted by molar-refractivity contribution is 6.30.